The third-order valence-corrected chi connectivity index (χ3v) is 1.66. The molecular formula is C9H14. The maximum atomic E-state index is 2.26. The highest BCUT2D eigenvalue weighted by molar-refractivity contribution is 5.16. The molecule has 0 amide bonds. The van der Waals surface area contributed by atoms with E-state index in [1.807, 2.05) is 0 Å². The van der Waals surface area contributed by atoms with Gasteiger partial charge in [0.25, 0.3) is 0 Å². The second-order valence-electron chi connectivity index (χ2n) is 3.40. The Morgan fingerprint density at radius 2 is 1.56 bits per heavy atom. The van der Waals surface area contributed by atoms with Gasteiger partial charge in [-0.15, -0.1) is 0 Å². The molecule has 0 aromatic rings. The van der Waals surface area contributed by atoms with E-state index in [0.717, 1.165) is 0 Å². The number of rotatable bonds is 0. The topological polar surface area (TPSA) is 0 Å². The molecule has 0 aromatic heterocycles. The largest absolute Gasteiger partial charge is 0.0811 e. The van der Waals surface area contributed by atoms with Crippen molar-refractivity contribution in [3.05, 3.63) is 24.3 Å². The van der Waals surface area contributed by atoms with Crippen LogP contribution >= 0.6 is 0 Å². The molecule has 0 aromatic carbocycles. The second kappa shape index (κ2) is 2.02. The van der Waals surface area contributed by atoms with Crippen molar-refractivity contribution in [2.75, 3.05) is 0 Å². The predicted octanol–water partition coefficient (Wildman–Crippen LogP) is 2.77. The van der Waals surface area contributed by atoms with Crippen LogP contribution in [0, 0.1) is 11.3 Å². The van der Waals surface area contributed by atoms with Crippen molar-refractivity contribution in [3.63, 3.8) is 0 Å². The average molecular weight is 122 g/mol. The van der Waals surface area contributed by atoms with Crippen LogP contribution in [-0.2, 0) is 0 Å². The van der Waals surface area contributed by atoms with E-state index in [9.17, 15) is 0 Å². The highest BCUT2D eigenvalue weighted by atomic mass is 14.2. The summed E-state index contributed by atoms with van der Waals surface area (Å²) in [5, 5.41) is 0. The summed E-state index contributed by atoms with van der Waals surface area (Å²) in [6.45, 7) is 6.62. The molecule has 9 heavy (non-hydrogen) atoms. The quantitative estimate of drug-likeness (QED) is 0.433. The van der Waals surface area contributed by atoms with Gasteiger partial charge in [-0.05, 0) is 5.92 Å². The van der Waals surface area contributed by atoms with Gasteiger partial charge in [-0.3, -0.25) is 0 Å². The molecule has 1 aliphatic rings. The molecule has 0 N–H and O–H groups in total. The summed E-state index contributed by atoms with van der Waals surface area (Å²) < 4.78 is 0. The highest BCUT2D eigenvalue weighted by Crippen LogP contribution is 2.24. The maximum Gasteiger partial charge on any atom is 0.000483 e. The predicted molar refractivity (Wildman–Crippen MR) is 41.2 cm³/mol. The molecule has 50 valence electrons. The van der Waals surface area contributed by atoms with Gasteiger partial charge in [0.05, 0.1) is 0 Å². The third kappa shape index (κ3) is 1.70. The number of allylic oxidation sites excluding steroid dienone is 4. The van der Waals surface area contributed by atoms with Gasteiger partial charge in [0.2, 0.25) is 0 Å². The van der Waals surface area contributed by atoms with Crippen LogP contribution < -0.4 is 0 Å². The van der Waals surface area contributed by atoms with Gasteiger partial charge in [0.1, 0.15) is 0 Å². The third-order valence-electron chi connectivity index (χ3n) is 1.66. The Morgan fingerprint density at radius 3 is 1.89 bits per heavy atom. The molecule has 0 spiro atoms. The fourth-order valence-electron chi connectivity index (χ4n) is 0.919. The lowest BCUT2D eigenvalue weighted by Gasteiger charge is -2.19. The Labute approximate surface area is 57.3 Å². The second-order valence-corrected chi connectivity index (χ2v) is 3.40. The van der Waals surface area contributed by atoms with Crippen LogP contribution in [0.4, 0.5) is 0 Å². The summed E-state index contributed by atoms with van der Waals surface area (Å²) in [6, 6.07) is 0. The Bertz CT molecular complexity index is 133. The summed E-state index contributed by atoms with van der Waals surface area (Å²) in [6.07, 6.45) is 9.02. The van der Waals surface area contributed by atoms with E-state index >= 15 is 0 Å². The van der Waals surface area contributed by atoms with Crippen molar-refractivity contribution < 1.29 is 0 Å². The summed E-state index contributed by atoms with van der Waals surface area (Å²) in [7, 11) is 0. The van der Waals surface area contributed by atoms with Gasteiger partial charge in [-0.2, -0.15) is 0 Å². The van der Waals surface area contributed by atoms with E-state index in [4.69, 9.17) is 0 Å². The van der Waals surface area contributed by atoms with Gasteiger partial charge >= 0.3 is 0 Å². The Morgan fingerprint density at radius 1 is 1.11 bits per heavy atom. The van der Waals surface area contributed by atoms with Crippen LogP contribution in [0.1, 0.15) is 20.8 Å². The first kappa shape index (κ1) is 6.60. The fraction of sp³-hybridized carbons (Fsp3) is 0.556. The Hall–Kier alpha value is -0.520. The average Bonchev–Trinajstić information content (AvgIpc) is 1.78. The van der Waals surface area contributed by atoms with E-state index in [1.54, 1.807) is 0 Å². The number of hydrogen-bond donors (Lipinski definition) is 0. The van der Waals surface area contributed by atoms with Crippen molar-refractivity contribution in [1.29, 1.82) is 0 Å². The van der Waals surface area contributed by atoms with Gasteiger partial charge in [-0.1, -0.05) is 45.1 Å². The van der Waals surface area contributed by atoms with Crippen molar-refractivity contribution in [1.82, 2.24) is 0 Å². The van der Waals surface area contributed by atoms with Crippen LogP contribution in [0.5, 0.6) is 0 Å². The highest BCUT2D eigenvalue weighted by Gasteiger charge is 2.12. The molecule has 0 unspecified atom stereocenters. The standard InChI is InChI=1S/C9H14/c1-8-4-6-9(2,3)7-5-8/h4-8H,1-3H3. The smallest absolute Gasteiger partial charge is 0.000483 e. The van der Waals surface area contributed by atoms with Gasteiger partial charge in [0.15, 0.2) is 0 Å². The van der Waals surface area contributed by atoms with E-state index in [-0.39, 0.29) is 0 Å². The lowest BCUT2D eigenvalue weighted by atomic mass is 9.86. The molecular weight excluding hydrogens is 108 g/mol. The minimum atomic E-state index is 0.298. The van der Waals surface area contributed by atoms with E-state index in [0.29, 0.717) is 11.3 Å². The van der Waals surface area contributed by atoms with Gasteiger partial charge in [0, 0.05) is 5.41 Å². The first-order valence-electron chi connectivity index (χ1n) is 3.49. The summed E-state index contributed by atoms with van der Waals surface area (Å²) in [5.41, 5.74) is 0.298. The fourth-order valence-corrected chi connectivity index (χ4v) is 0.919. The minimum Gasteiger partial charge on any atom is -0.0811 e. The van der Waals surface area contributed by atoms with Gasteiger partial charge < -0.3 is 0 Å². The molecule has 0 radical (unpaired) electrons. The molecule has 0 saturated heterocycles. The summed E-state index contributed by atoms with van der Waals surface area (Å²) in [4.78, 5) is 0. The zero-order valence-corrected chi connectivity index (χ0v) is 6.39. The van der Waals surface area contributed by atoms with Crippen molar-refractivity contribution in [2.45, 2.75) is 20.8 Å². The van der Waals surface area contributed by atoms with Crippen molar-refractivity contribution in [3.8, 4) is 0 Å². The summed E-state index contributed by atoms with van der Waals surface area (Å²) >= 11 is 0. The molecule has 0 aliphatic heterocycles. The lowest BCUT2D eigenvalue weighted by molar-refractivity contribution is 0.600. The minimum absolute atomic E-state index is 0.298. The van der Waals surface area contributed by atoms with Crippen molar-refractivity contribution >= 4 is 0 Å². The van der Waals surface area contributed by atoms with Crippen LogP contribution in [0.2, 0.25) is 0 Å². The maximum absolute atomic E-state index is 2.26. The molecule has 0 saturated carbocycles. The zero-order valence-electron chi connectivity index (χ0n) is 6.39. The van der Waals surface area contributed by atoms with Crippen molar-refractivity contribution in [2.24, 2.45) is 11.3 Å². The molecule has 0 fully saturated rings. The Kier molecular flexibility index (Phi) is 1.48. The molecule has 0 bridgehead atoms. The molecule has 0 nitrogen and oxygen atoms in total. The normalized spacial score (nSPS) is 24.8. The lowest BCUT2D eigenvalue weighted by Crippen LogP contribution is -2.07. The Balaban J connectivity index is 2.70. The van der Waals surface area contributed by atoms with E-state index < -0.39 is 0 Å². The summed E-state index contributed by atoms with van der Waals surface area (Å²) in [5.74, 6) is 0.637. The molecule has 0 heterocycles. The van der Waals surface area contributed by atoms with Crippen LogP contribution in [-0.4, -0.2) is 0 Å². The van der Waals surface area contributed by atoms with Gasteiger partial charge in [-0.25, -0.2) is 0 Å². The molecule has 0 atom stereocenters. The molecule has 1 rings (SSSR count). The molecule has 0 heteroatoms. The van der Waals surface area contributed by atoms with E-state index in [2.05, 4.69) is 45.1 Å². The van der Waals surface area contributed by atoms with Crippen LogP contribution in [0.3, 0.4) is 0 Å². The zero-order chi connectivity index (χ0) is 6.91. The van der Waals surface area contributed by atoms with Crippen LogP contribution in [0.25, 0.3) is 0 Å². The molecule has 1 aliphatic carbocycles. The number of hydrogen-bond acceptors (Lipinski definition) is 0. The van der Waals surface area contributed by atoms with E-state index in [1.165, 1.54) is 0 Å². The SMILES string of the molecule is CC1C=CC(C)(C)C=C1. The first-order chi connectivity index (χ1) is 4.10. The first-order valence-corrected chi connectivity index (χ1v) is 3.49. The monoisotopic (exact) mass is 122 g/mol. The van der Waals surface area contributed by atoms with Crippen LogP contribution in [0.15, 0.2) is 24.3 Å².